The Morgan fingerprint density at radius 3 is 2.68 bits per heavy atom. The monoisotopic (exact) mass is 361 g/mol. The molecule has 0 aliphatic heterocycles. The molecule has 8 heteroatoms. The molecule has 1 amide bonds. The number of carbonyl (C=O) groups is 1. The van der Waals surface area contributed by atoms with Gasteiger partial charge < -0.3 is 5.32 Å². The van der Waals surface area contributed by atoms with Crippen molar-refractivity contribution < 1.29 is 9.18 Å². The summed E-state index contributed by atoms with van der Waals surface area (Å²) in [5, 5.41) is 11.5. The first-order valence-corrected chi connectivity index (χ1v) is 8.02. The van der Waals surface area contributed by atoms with Crippen LogP contribution in [-0.2, 0) is 16.9 Å². The molecule has 0 bridgehead atoms. The molecular formula is C17H17ClFN5O. The maximum Gasteiger partial charge on any atom is 0.251 e. The number of rotatable bonds is 5. The first kappa shape index (κ1) is 17.2. The van der Waals surface area contributed by atoms with Crippen LogP contribution in [-0.4, -0.2) is 25.5 Å². The molecule has 0 saturated carbocycles. The van der Waals surface area contributed by atoms with Crippen LogP contribution in [0.2, 0.25) is 5.02 Å². The molecule has 3 rings (SSSR count). The van der Waals surface area contributed by atoms with Gasteiger partial charge in [-0.3, -0.25) is 14.2 Å². The number of carbonyl (C=O) groups excluding carboxylic acids is 1. The standard InChI is InChI=1S/C17H17ClFN5O/c1-17(2,24-10-13(18)7-21-24)16(25)22-14-8-20-23(11-14)9-12-5-3-4-6-15(12)19/h3-8,10-11H,9H2,1-2H3,(H,22,25). The Balaban J connectivity index is 1.71. The smallest absolute Gasteiger partial charge is 0.251 e. The Morgan fingerprint density at radius 1 is 1.24 bits per heavy atom. The summed E-state index contributed by atoms with van der Waals surface area (Å²) < 4.78 is 16.8. The van der Waals surface area contributed by atoms with Gasteiger partial charge in [-0.15, -0.1) is 0 Å². The molecule has 2 heterocycles. The van der Waals surface area contributed by atoms with E-state index in [1.165, 1.54) is 23.1 Å². The predicted octanol–water partition coefficient (Wildman–Crippen LogP) is 3.29. The van der Waals surface area contributed by atoms with Crippen LogP contribution in [0.3, 0.4) is 0 Å². The third-order valence-electron chi connectivity index (χ3n) is 3.86. The van der Waals surface area contributed by atoms with Crippen LogP contribution in [0, 0.1) is 5.82 Å². The molecule has 0 spiro atoms. The van der Waals surface area contributed by atoms with Crippen LogP contribution in [0.5, 0.6) is 0 Å². The van der Waals surface area contributed by atoms with Gasteiger partial charge in [0, 0.05) is 18.0 Å². The van der Waals surface area contributed by atoms with E-state index >= 15 is 0 Å². The second-order valence-corrected chi connectivity index (χ2v) is 6.57. The lowest BCUT2D eigenvalue weighted by Gasteiger charge is -2.23. The lowest BCUT2D eigenvalue weighted by Crippen LogP contribution is -2.40. The molecule has 0 aliphatic rings. The maximum atomic E-state index is 13.7. The second-order valence-electron chi connectivity index (χ2n) is 6.13. The summed E-state index contributed by atoms with van der Waals surface area (Å²) in [6, 6.07) is 6.50. The van der Waals surface area contributed by atoms with E-state index in [4.69, 9.17) is 11.6 Å². The van der Waals surface area contributed by atoms with Crippen LogP contribution in [0.25, 0.3) is 0 Å². The molecule has 0 fully saturated rings. The fraction of sp³-hybridized carbons (Fsp3) is 0.235. The van der Waals surface area contributed by atoms with Crippen molar-refractivity contribution >= 4 is 23.2 Å². The number of hydrogen-bond acceptors (Lipinski definition) is 3. The lowest BCUT2D eigenvalue weighted by molar-refractivity contribution is -0.123. The van der Waals surface area contributed by atoms with Crippen LogP contribution in [0.4, 0.5) is 10.1 Å². The van der Waals surface area contributed by atoms with E-state index in [1.807, 2.05) is 0 Å². The number of nitrogens with zero attached hydrogens (tertiary/aromatic N) is 4. The molecule has 3 aromatic rings. The SMILES string of the molecule is CC(C)(C(=O)Nc1cnn(Cc2ccccc2F)c1)n1cc(Cl)cn1. The molecule has 0 saturated heterocycles. The summed E-state index contributed by atoms with van der Waals surface area (Å²) in [4.78, 5) is 12.6. The fourth-order valence-corrected chi connectivity index (χ4v) is 2.45. The number of benzene rings is 1. The number of nitrogens with one attached hydrogen (secondary N) is 1. The Hall–Kier alpha value is -2.67. The summed E-state index contributed by atoms with van der Waals surface area (Å²) in [6.07, 6.45) is 6.23. The Kier molecular flexibility index (Phi) is 4.59. The van der Waals surface area contributed by atoms with E-state index < -0.39 is 5.54 Å². The number of hydrogen-bond donors (Lipinski definition) is 1. The van der Waals surface area contributed by atoms with Crippen molar-refractivity contribution in [1.82, 2.24) is 19.6 Å². The summed E-state index contributed by atoms with van der Waals surface area (Å²) in [7, 11) is 0. The van der Waals surface area contributed by atoms with Gasteiger partial charge in [0.1, 0.15) is 11.4 Å². The number of halogens is 2. The van der Waals surface area contributed by atoms with Crippen LogP contribution >= 0.6 is 11.6 Å². The van der Waals surface area contributed by atoms with Crippen molar-refractivity contribution in [2.75, 3.05) is 5.32 Å². The van der Waals surface area contributed by atoms with Crippen molar-refractivity contribution in [3.63, 3.8) is 0 Å². The molecule has 6 nitrogen and oxygen atoms in total. The number of amides is 1. The normalized spacial score (nSPS) is 11.5. The van der Waals surface area contributed by atoms with Crippen molar-refractivity contribution in [3.05, 3.63) is 65.5 Å². The van der Waals surface area contributed by atoms with E-state index in [2.05, 4.69) is 15.5 Å². The van der Waals surface area contributed by atoms with Crippen molar-refractivity contribution in [2.24, 2.45) is 0 Å². The maximum absolute atomic E-state index is 13.7. The van der Waals surface area contributed by atoms with Crippen molar-refractivity contribution in [1.29, 1.82) is 0 Å². The number of anilines is 1. The largest absolute Gasteiger partial charge is 0.321 e. The minimum absolute atomic E-state index is 0.266. The Labute approximate surface area is 149 Å². The molecule has 2 aromatic heterocycles. The van der Waals surface area contributed by atoms with Gasteiger partial charge in [0.2, 0.25) is 0 Å². The zero-order valence-corrected chi connectivity index (χ0v) is 14.5. The topological polar surface area (TPSA) is 64.7 Å². The molecule has 130 valence electrons. The Morgan fingerprint density at radius 2 is 2.00 bits per heavy atom. The zero-order valence-electron chi connectivity index (χ0n) is 13.8. The van der Waals surface area contributed by atoms with Gasteiger partial charge in [-0.05, 0) is 19.9 Å². The molecule has 0 unspecified atom stereocenters. The molecule has 1 aromatic carbocycles. The van der Waals surface area contributed by atoms with E-state index in [1.54, 1.807) is 49.1 Å². The quantitative estimate of drug-likeness (QED) is 0.758. The Bertz CT molecular complexity index is 902. The molecule has 0 atom stereocenters. The minimum Gasteiger partial charge on any atom is -0.321 e. The molecule has 1 N–H and O–H groups in total. The first-order valence-electron chi connectivity index (χ1n) is 7.64. The predicted molar refractivity (Wildman–Crippen MR) is 92.9 cm³/mol. The minimum atomic E-state index is -0.930. The van der Waals surface area contributed by atoms with E-state index in [-0.39, 0.29) is 18.3 Å². The molecule has 25 heavy (non-hydrogen) atoms. The fourth-order valence-electron chi connectivity index (χ4n) is 2.31. The van der Waals surface area contributed by atoms with Crippen LogP contribution < -0.4 is 5.32 Å². The van der Waals surface area contributed by atoms with Crippen molar-refractivity contribution in [3.8, 4) is 0 Å². The van der Waals surface area contributed by atoms with E-state index in [9.17, 15) is 9.18 Å². The van der Waals surface area contributed by atoms with Crippen LogP contribution in [0.15, 0.2) is 49.1 Å². The molecular weight excluding hydrogens is 345 g/mol. The highest BCUT2D eigenvalue weighted by Gasteiger charge is 2.31. The highest BCUT2D eigenvalue weighted by Crippen LogP contribution is 2.20. The highest BCUT2D eigenvalue weighted by atomic mass is 35.5. The van der Waals surface area contributed by atoms with Gasteiger partial charge in [0.05, 0.1) is 29.6 Å². The van der Waals surface area contributed by atoms with Gasteiger partial charge in [0.15, 0.2) is 0 Å². The third-order valence-corrected chi connectivity index (χ3v) is 4.06. The summed E-state index contributed by atoms with van der Waals surface area (Å²) in [6.45, 7) is 3.74. The van der Waals surface area contributed by atoms with Gasteiger partial charge in [-0.2, -0.15) is 10.2 Å². The average molecular weight is 362 g/mol. The van der Waals surface area contributed by atoms with Crippen molar-refractivity contribution in [2.45, 2.75) is 25.9 Å². The number of aromatic nitrogens is 4. The first-order chi connectivity index (χ1) is 11.9. The summed E-state index contributed by atoms with van der Waals surface area (Å²) in [5.74, 6) is -0.557. The van der Waals surface area contributed by atoms with Gasteiger partial charge in [0.25, 0.3) is 5.91 Å². The molecule has 0 radical (unpaired) electrons. The summed E-state index contributed by atoms with van der Waals surface area (Å²) in [5.41, 5.74) is 0.114. The van der Waals surface area contributed by atoms with Crippen LogP contribution in [0.1, 0.15) is 19.4 Å². The van der Waals surface area contributed by atoms with Gasteiger partial charge in [-0.25, -0.2) is 4.39 Å². The molecule has 0 aliphatic carbocycles. The third kappa shape index (κ3) is 3.71. The zero-order chi connectivity index (χ0) is 18.0. The average Bonchev–Trinajstić information content (AvgIpc) is 3.19. The van der Waals surface area contributed by atoms with E-state index in [0.29, 0.717) is 16.3 Å². The van der Waals surface area contributed by atoms with Gasteiger partial charge >= 0.3 is 0 Å². The highest BCUT2D eigenvalue weighted by molar-refractivity contribution is 6.30. The lowest BCUT2D eigenvalue weighted by atomic mass is 10.1. The van der Waals surface area contributed by atoms with Gasteiger partial charge in [-0.1, -0.05) is 29.8 Å². The van der Waals surface area contributed by atoms with E-state index in [0.717, 1.165) is 0 Å². The summed E-state index contributed by atoms with van der Waals surface area (Å²) >= 11 is 5.87. The second kappa shape index (κ2) is 6.68.